The second-order valence-corrected chi connectivity index (χ2v) is 9.49. The molecule has 11 nitrogen and oxygen atoms in total. The minimum absolute atomic E-state index is 0.0444. The highest BCUT2D eigenvalue weighted by molar-refractivity contribution is 5.96. The van der Waals surface area contributed by atoms with E-state index in [0.717, 1.165) is 5.56 Å². The first-order valence-corrected chi connectivity index (χ1v) is 12.8. The molecule has 0 bridgehead atoms. The fraction of sp³-hybridized carbons (Fsp3) is 0.393. The normalized spacial score (nSPS) is 14.6. The number of benzene rings is 2. The van der Waals surface area contributed by atoms with Crippen LogP contribution in [0.5, 0.6) is 0 Å². The molecule has 0 aliphatic rings. The number of carboxylic acid groups (broad SMARTS) is 1. The van der Waals surface area contributed by atoms with Crippen LogP contribution in [0.4, 0.5) is 0 Å². The van der Waals surface area contributed by atoms with Crippen molar-refractivity contribution >= 4 is 29.6 Å². The van der Waals surface area contributed by atoms with Gasteiger partial charge in [0, 0.05) is 6.42 Å². The number of hydrogen-bond donors (Lipinski definition) is 6. The maximum Gasteiger partial charge on any atom is 0.326 e. The number of nitrogens with one attached hydrogen (secondary N) is 3. The predicted octanol–water partition coefficient (Wildman–Crippen LogP) is 0.260. The van der Waals surface area contributed by atoms with Crippen LogP contribution < -0.4 is 27.4 Å². The second kappa shape index (κ2) is 15.2. The Balaban J connectivity index is 2.14. The number of amides is 4. The van der Waals surface area contributed by atoms with Crippen LogP contribution in [0.25, 0.3) is 0 Å². The maximum absolute atomic E-state index is 13.2. The largest absolute Gasteiger partial charge is 0.480 e. The molecule has 39 heavy (non-hydrogen) atoms. The fourth-order valence-electron chi connectivity index (χ4n) is 3.92. The summed E-state index contributed by atoms with van der Waals surface area (Å²) in [4.78, 5) is 62.6. The summed E-state index contributed by atoms with van der Waals surface area (Å²) >= 11 is 0. The Morgan fingerprint density at radius 1 is 0.769 bits per heavy atom. The predicted molar refractivity (Wildman–Crippen MR) is 145 cm³/mol. The number of hydrogen-bond acceptors (Lipinski definition) is 6. The molecule has 0 aliphatic carbocycles. The molecular weight excluding hydrogens is 502 g/mol. The minimum atomic E-state index is -1.38. The van der Waals surface area contributed by atoms with Crippen LogP contribution in [0.1, 0.15) is 37.8 Å². The Labute approximate surface area is 227 Å². The molecule has 2 aromatic carbocycles. The van der Waals surface area contributed by atoms with E-state index in [0.29, 0.717) is 12.0 Å². The fourth-order valence-corrected chi connectivity index (χ4v) is 3.92. The monoisotopic (exact) mass is 539 g/mol. The molecule has 0 aromatic heterocycles. The summed E-state index contributed by atoms with van der Waals surface area (Å²) in [5.74, 6) is -4.66. The molecule has 0 heterocycles. The third-order valence-corrected chi connectivity index (χ3v) is 6.36. The topological polar surface area (TPSA) is 194 Å². The van der Waals surface area contributed by atoms with Crippen LogP contribution in [0.2, 0.25) is 0 Å². The molecule has 2 rings (SSSR count). The summed E-state index contributed by atoms with van der Waals surface area (Å²) in [6.07, 6.45) is 0.204. The highest BCUT2D eigenvalue weighted by atomic mass is 16.4. The van der Waals surface area contributed by atoms with Gasteiger partial charge in [-0.25, -0.2) is 4.79 Å². The van der Waals surface area contributed by atoms with Gasteiger partial charge < -0.3 is 32.5 Å². The highest BCUT2D eigenvalue weighted by Crippen LogP contribution is 2.11. The van der Waals surface area contributed by atoms with Crippen LogP contribution in [0.3, 0.4) is 0 Å². The Morgan fingerprint density at radius 2 is 1.28 bits per heavy atom. The van der Waals surface area contributed by atoms with E-state index >= 15 is 0 Å². The van der Waals surface area contributed by atoms with Crippen LogP contribution in [-0.4, -0.2) is 58.9 Å². The molecule has 0 spiro atoms. The van der Waals surface area contributed by atoms with E-state index in [-0.39, 0.29) is 12.8 Å². The number of carbonyl (C=O) groups is 5. The summed E-state index contributed by atoms with van der Waals surface area (Å²) in [5, 5.41) is 17.2. The standard InChI is InChI=1S/C28H37N5O6/c1-3-17(2)24(27(37)32-22(28(38)39)15-19-12-8-5-9-13-19)33-26(36)21(16-23(30)34)31-25(35)20(29)14-18-10-6-4-7-11-18/h4-13,17,20-22,24H,3,14-16,29H2,1-2H3,(H2,30,34)(H,31,35)(H,32,37)(H,33,36)(H,38,39). The number of nitrogens with two attached hydrogens (primary N) is 2. The van der Waals surface area contributed by atoms with Crippen molar-refractivity contribution in [2.24, 2.45) is 17.4 Å². The van der Waals surface area contributed by atoms with Crippen molar-refractivity contribution in [1.82, 2.24) is 16.0 Å². The Hall–Kier alpha value is -4.25. The van der Waals surface area contributed by atoms with E-state index in [9.17, 15) is 29.1 Å². The average molecular weight is 540 g/mol. The maximum atomic E-state index is 13.2. The Kier molecular flexibility index (Phi) is 12.1. The molecule has 8 N–H and O–H groups in total. The number of carboxylic acids is 1. The molecule has 2 aromatic rings. The smallest absolute Gasteiger partial charge is 0.326 e. The summed E-state index contributed by atoms with van der Waals surface area (Å²) in [6, 6.07) is 13.1. The van der Waals surface area contributed by atoms with Gasteiger partial charge in [-0.1, -0.05) is 80.9 Å². The van der Waals surface area contributed by atoms with Gasteiger partial charge in [-0.05, 0) is 23.5 Å². The number of rotatable bonds is 15. The van der Waals surface area contributed by atoms with Crippen LogP contribution in [0, 0.1) is 5.92 Å². The lowest BCUT2D eigenvalue weighted by Crippen LogP contribution is -2.59. The van der Waals surface area contributed by atoms with Gasteiger partial charge in [0.1, 0.15) is 18.1 Å². The van der Waals surface area contributed by atoms with Crippen LogP contribution >= 0.6 is 0 Å². The minimum Gasteiger partial charge on any atom is -0.480 e. The third-order valence-electron chi connectivity index (χ3n) is 6.36. The van der Waals surface area contributed by atoms with Crippen molar-refractivity contribution in [2.45, 2.75) is 63.7 Å². The van der Waals surface area contributed by atoms with Gasteiger partial charge >= 0.3 is 5.97 Å². The van der Waals surface area contributed by atoms with Gasteiger partial charge in [-0.2, -0.15) is 0 Å². The molecular formula is C28H37N5O6. The third kappa shape index (κ3) is 10.2. The molecule has 0 aliphatic heterocycles. The molecule has 210 valence electrons. The van der Waals surface area contributed by atoms with Crippen LogP contribution in [0.15, 0.2) is 60.7 Å². The van der Waals surface area contributed by atoms with E-state index in [1.807, 2.05) is 6.07 Å². The van der Waals surface area contributed by atoms with Gasteiger partial charge in [0.25, 0.3) is 0 Å². The van der Waals surface area contributed by atoms with E-state index < -0.39 is 66.1 Å². The van der Waals surface area contributed by atoms with Crippen molar-refractivity contribution in [1.29, 1.82) is 0 Å². The van der Waals surface area contributed by atoms with E-state index in [4.69, 9.17) is 11.5 Å². The van der Waals surface area contributed by atoms with E-state index in [1.165, 1.54) is 0 Å². The van der Waals surface area contributed by atoms with Crippen molar-refractivity contribution in [2.75, 3.05) is 0 Å². The lowest BCUT2D eigenvalue weighted by atomic mass is 9.96. The summed E-state index contributed by atoms with van der Waals surface area (Å²) < 4.78 is 0. The molecule has 0 radical (unpaired) electrons. The molecule has 5 unspecified atom stereocenters. The average Bonchev–Trinajstić information content (AvgIpc) is 2.91. The number of carbonyl (C=O) groups excluding carboxylic acids is 4. The molecule has 0 saturated carbocycles. The van der Waals surface area contributed by atoms with Crippen molar-refractivity contribution in [3.05, 3.63) is 71.8 Å². The first-order valence-electron chi connectivity index (χ1n) is 12.8. The first-order chi connectivity index (χ1) is 18.5. The zero-order valence-electron chi connectivity index (χ0n) is 22.1. The summed E-state index contributed by atoms with van der Waals surface area (Å²) in [5.41, 5.74) is 12.9. The summed E-state index contributed by atoms with van der Waals surface area (Å²) in [6.45, 7) is 3.52. The van der Waals surface area contributed by atoms with Gasteiger partial charge in [0.2, 0.25) is 23.6 Å². The van der Waals surface area contributed by atoms with Crippen LogP contribution in [-0.2, 0) is 36.8 Å². The van der Waals surface area contributed by atoms with Crippen molar-refractivity contribution in [3.8, 4) is 0 Å². The van der Waals surface area contributed by atoms with Gasteiger partial charge in [0.15, 0.2) is 0 Å². The van der Waals surface area contributed by atoms with Crippen molar-refractivity contribution in [3.63, 3.8) is 0 Å². The quantitative estimate of drug-likeness (QED) is 0.187. The highest BCUT2D eigenvalue weighted by Gasteiger charge is 2.33. The molecule has 0 saturated heterocycles. The van der Waals surface area contributed by atoms with Crippen molar-refractivity contribution < 1.29 is 29.1 Å². The second-order valence-electron chi connectivity index (χ2n) is 9.49. The lowest BCUT2D eigenvalue weighted by Gasteiger charge is -2.28. The molecule has 11 heteroatoms. The zero-order chi connectivity index (χ0) is 28.9. The van der Waals surface area contributed by atoms with E-state index in [2.05, 4.69) is 16.0 Å². The molecule has 5 atom stereocenters. The Morgan fingerprint density at radius 3 is 1.77 bits per heavy atom. The number of primary amides is 1. The lowest BCUT2D eigenvalue weighted by molar-refractivity contribution is -0.142. The molecule has 4 amide bonds. The molecule has 0 fully saturated rings. The van der Waals surface area contributed by atoms with E-state index in [1.54, 1.807) is 68.4 Å². The first kappa shape index (κ1) is 31.0. The summed E-state index contributed by atoms with van der Waals surface area (Å²) in [7, 11) is 0. The van der Waals surface area contributed by atoms with Gasteiger partial charge in [-0.3, -0.25) is 19.2 Å². The van der Waals surface area contributed by atoms with Gasteiger partial charge in [0.05, 0.1) is 12.5 Å². The zero-order valence-corrected chi connectivity index (χ0v) is 22.1. The SMILES string of the molecule is CCC(C)C(NC(=O)C(CC(N)=O)NC(=O)C(N)Cc1ccccc1)C(=O)NC(Cc1ccccc1)C(=O)O. The Bertz CT molecular complexity index is 1130. The number of aliphatic carboxylic acids is 1. The van der Waals surface area contributed by atoms with Gasteiger partial charge in [-0.15, -0.1) is 0 Å².